The number of fused-ring (bicyclic) bond motifs is 1. The van der Waals surface area contributed by atoms with Gasteiger partial charge < -0.3 is 14.4 Å². The van der Waals surface area contributed by atoms with Gasteiger partial charge in [0.2, 0.25) is 11.9 Å². The van der Waals surface area contributed by atoms with Crippen LogP contribution in [0.3, 0.4) is 0 Å². The zero-order chi connectivity index (χ0) is 24.7. The lowest BCUT2D eigenvalue weighted by atomic mass is 10.2. The molecule has 0 atom stereocenters. The van der Waals surface area contributed by atoms with Crippen molar-refractivity contribution in [2.75, 3.05) is 37.8 Å². The van der Waals surface area contributed by atoms with E-state index in [0.717, 1.165) is 22.9 Å². The first-order valence-corrected chi connectivity index (χ1v) is 12.0. The summed E-state index contributed by atoms with van der Waals surface area (Å²) in [6, 6.07) is 18.2. The number of carbonyl (C=O) groups is 1. The Morgan fingerprint density at radius 3 is 2.64 bits per heavy atom. The number of aromatic nitrogens is 4. The lowest BCUT2D eigenvalue weighted by Gasteiger charge is -2.26. The van der Waals surface area contributed by atoms with E-state index in [1.807, 2.05) is 42.5 Å². The van der Waals surface area contributed by atoms with Gasteiger partial charge in [0.05, 0.1) is 31.9 Å². The fourth-order valence-electron chi connectivity index (χ4n) is 4.13. The quantitative estimate of drug-likeness (QED) is 0.353. The summed E-state index contributed by atoms with van der Waals surface area (Å²) in [7, 11) is 0. The molecule has 9 heteroatoms. The Morgan fingerprint density at radius 1 is 1.06 bits per heavy atom. The highest BCUT2D eigenvalue weighted by Crippen LogP contribution is 2.20. The summed E-state index contributed by atoms with van der Waals surface area (Å²) in [6.45, 7) is 4.94. The molecule has 0 bridgehead atoms. The molecule has 5 rings (SSSR count). The SMILES string of the molecule is CC(=O)n1cc(C=NCc2nc(OCCc3ccccc3)nc(N3CCOCC3)n2)c2ccccc21. The van der Waals surface area contributed by atoms with Gasteiger partial charge in [-0.15, -0.1) is 0 Å². The Morgan fingerprint density at radius 2 is 1.83 bits per heavy atom. The van der Waals surface area contributed by atoms with Crippen molar-refractivity contribution in [3.63, 3.8) is 0 Å². The summed E-state index contributed by atoms with van der Waals surface area (Å²) in [6.07, 6.45) is 4.32. The number of ether oxygens (including phenoxy) is 2. The molecule has 0 spiro atoms. The predicted octanol–water partition coefficient (Wildman–Crippen LogP) is 3.56. The molecule has 1 saturated heterocycles. The van der Waals surface area contributed by atoms with Gasteiger partial charge >= 0.3 is 6.01 Å². The maximum absolute atomic E-state index is 12.0. The second kappa shape index (κ2) is 11.1. The molecule has 1 aliphatic rings. The van der Waals surface area contributed by atoms with E-state index < -0.39 is 0 Å². The van der Waals surface area contributed by atoms with Crippen LogP contribution in [0.15, 0.2) is 65.8 Å². The molecule has 36 heavy (non-hydrogen) atoms. The number of anilines is 1. The van der Waals surface area contributed by atoms with Crippen LogP contribution in [0.25, 0.3) is 10.9 Å². The van der Waals surface area contributed by atoms with Gasteiger partial charge in [0.1, 0.15) is 0 Å². The number of para-hydroxylation sites is 1. The first kappa shape index (κ1) is 23.6. The van der Waals surface area contributed by atoms with E-state index in [4.69, 9.17) is 9.47 Å². The Labute approximate surface area is 209 Å². The van der Waals surface area contributed by atoms with Crippen LogP contribution in [-0.4, -0.2) is 64.6 Å². The van der Waals surface area contributed by atoms with Crippen LogP contribution in [0.1, 0.15) is 28.7 Å². The average molecular weight is 485 g/mol. The normalized spacial score (nSPS) is 14.0. The highest BCUT2D eigenvalue weighted by Gasteiger charge is 2.17. The molecule has 0 saturated carbocycles. The van der Waals surface area contributed by atoms with E-state index in [1.54, 1.807) is 23.9 Å². The largest absolute Gasteiger partial charge is 0.463 e. The maximum atomic E-state index is 12.0. The van der Waals surface area contributed by atoms with Crippen LogP contribution >= 0.6 is 0 Å². The van der Waals surface area contributed by atoms with E-state index in [9.17, 15) is 4.79 Å². The number of morpholine rings is 1. The van der Waals surface area contributed by atoms with Crippen LogP contribution in [0.5, 0.6) is 6.01 Å². The zero-order valence-corrected chi connectivity index (χ0v) is 20.2. The molecule has 0 N–H and O–H groups in total. The summed E-state index contributed by atoms with van der Waals surface area (Å²) in [4.78, 5) is 32.4. The van der Waals surface area contributed by atoms with E-state index in [-0.39, 0.29) is 12.5 Å². The average Bonchev–Trinajstić information content (AvgIpc) is 3.29. The minimum atomic E-state index is -0.0456. The van der Waals surface area contributed by atoms with Crippen molar-refractivity contribution >= 4 is 29.0 Å². The monoisotopic (exact) mass is 484 g/mol. The molecule has 2 aromatic heterocycles. The molecule has 184 valence electrons. The first-order valence-electron chi connectivity index (χ1n) is 12.0. The number of benzene rings is 2. The van der Waals surface area contributed by atoms with Crippen molar-refractivity contribution in [2.24, 2.45) is 4.99 Å². The highest BCUT2D eigenvalue weighted by molar-refractivity contribution is 6.03. The minimum absolute atomic E-state index is 0.0456. The molecule has 9 nitrogen and oxygen atoms in total. The second-order valence-electron chi connectivity index (χ2n) is 8.48. The highest BCUT2D eigenvalue weighted by atomic mass is 16.5. The van der Waals surface area contributed by atoms with Crippen molar-refractivity contribution in [3.8, 4) is 6.01 Å². The van der Waals surface area contributed by atoms with E-state index in [0.29, 0.717) is 50.7 Å². The van der Waals surface area contributed by atoms with E-state index >= 15 is 0 Å². The molecular formula is C27H28N6O3. The Bertz CT molecular complexity index is 1360. The zero-order valence-electron chi connectivity index (χ0n) is 20.2. The molecule has 1 fully saturated rings. The molecule has 0 radical (unpaired) electrons. The number of aliphatic imine (C=N–C) groups is 1. The van der Waals surface area contributed by atoms with Crippen LogP contribution in [0.2, 0.25) is 0 Å². The molecule has 2 aromatic carbocycles. The van der Waals surface area contributed by atoms with Gasteiger partial charge in [-0.1, -0.05) is 48.5 Å². The minimum Gasteiger partial charge on any atom is -0.463 e. The lowest BCUT2D eigenvalue weighted by Crippen LogP contribution is -2.37. The van der Waals surface area contributed by atoms with Gasteiger partial charge in [-0.2, -0.15) is 15.0 Å². The molecule has 1 aliphatic heterocycles. The molecule has 3 heterocycles. The summed E-state index contributed by atoms with van der Waals surface area (Å²) in [5, 5.41) is 0.964. The molecule has 0 unspecified atom stereocenters. The number of hydrogen-bond acceptors (Lipinski definition) is 8. The maximum Gasteiger partial charge on any atom is 0.321 e. The smallest absolute Gasteiger partial charge is 0.321 e. The van der Waals surface area contributed by atoms with Gasteiger partial charge in [0.15, 0.2) is 5.82 Å². The Balaban J connectivity index is 1.35. The van der Waals surface area contributed by atoms with E-state index in [2.05, 4.69) is 37.0 Å². The standard InChI is InChI=1S/C27H28N6O3/c1-20(34)33-19-22(23-9-5-6-10-24(23)33)17-28-18-25-29-26(32-12-15-35-16-13-32)31-27(30-25)36-14-11-21-7-3-2-4-8-21/h2-10,17,19H,11-16,18H2,1H3. The third kappa shape index (κ3) is 5.58. The summed E-state index contributed by atoms with van der Waals surface area (Å²) in [5.74, 6) is 1.05. The molecule has 0 aliphatic carbocycles. The Hall–Kier alpha value is -4.11. The van der Waals surface area contributed by atoms with Gasteiger partial charge in [-0.3, -0.25) is 14.4 Å². The van der Waals surface area contributed by atoms with Crippen LogP contribution < -0.4 is 9.64 Å². The number of nitrogens with zero attached hydrogens (tertiary/aromatic N) is 6. The first-order chi connectivity index (χ1) is 17.7. The fourth-order valence-corrected chi connectivity index (χ4v) is 4.13. The molecule has 0 amide bonds. The predicted molar refractivity (Wildman–Crippen MR) is 138 cm³/mol. The van der Waals surface area contributed by atoms with E-state index in [1.165, 1.54) is 5.56 Å². The number of rotatable bonds is 8. The van der Waals surface area contributed by atoms with Crippen LogP contribution in [0.4, 0.5) is 5.95 Å². The van der Waals surface area contributed by atoms with Crippen LogP contribution in [-0.2, 0) is 17.7 Å². The summed E-state index contributed by atoms with van der Waals surface area (Å²) in [5.41, 5.74) is 2.91. The van der Waals surface area contributed by atoms with Gasteiger partial charge in [0.25, 0.3) is 0 Å². The van der Waals surface area contributed by atoms with Crippen molar-refractivity contribution < 1.29 is 14.3 Å². The Kier molecular flexibility index (Phi) is 7.28. The van der Waals surface area contributed by atoms with Crippen molar-refractivity contribution in [1.82, 2.24) is 19.5 Å². The van der Waals surface area contributed by atoms with Crippen molar-refractivity contribution in [1.29, 1.82) is 0 Å². The fraction of sp³-hybridized carbons (Fsp3) is 0.296. The number of hydrogen-bond donors (Lipinski definition) is 0. The number of carbonyl (C=O) groups excluding carboxylic acids is 1. The van der Waals surface area contributed by atoms with Crippen molar-refractivity contribution in [3.05, 3.63) is 77.7 Å². The molecular weight excluding hydrogens is 456 g/mol. The van der Waals surface area contributed by atoms with Gasteiger partial charge in [-0.05, 0) is 11.6 Å². The van der Waals surface area contributed by atoms with Crippen molar-refractivity contribution in [2.45, 2.75) is 19.9 Å². The van der Waals surface area contributed by atoms with Gasteiger partial charge in [-0.25, -0.2) is 0 Å². The second-order valence-corrected chi connectivity index (χ2v) is 8.48. The summed E-state index contributed by atoms with van der Waals surface area (Å²) >= 11 is 0. The summed E-state index contributed by atoms with van der Waals surface area (Å²) < 4.78 is 13.0. The molecule has 4 aromatic rings. The topological polar surface area (TPSA) is 94.7 Å². The third-order valence-corrected chi connectivity index (χ3v) is 5.95. The van der Waals surface area contributed by atoms with Crippen LogP contribution in [0, 0.1) is 0 Å². The lowest BCUT2D eigenvalue weighted by molar-refractivity contribution is 0.0941. The van der Waals surface area contributed by atoms with Gasteiger partial charge in [0, 0.05) is 49.8 Å². The third-order valence-electron chi connectivity index (χ3n) is 5.95.